The number of hydrogen-bond donors (Lipinski definition) is 2. The molecule has 9 heteroatoms. The van der Waals surface area contributed by atoms with Gasteiger partial charge in [-0.1, -0.05) is 18.2 Å². The minimum atomic E-state index is -2.90. The van der Waals surface area contributed by atoms with Gasteiger partial charge >= 0.3 is 6.61 Å². The summed E-state index contributed by atoms with van der Waals surface area (Å²) in [4.78, 5) is 4.19. The molecule has 0 heterocycles. The second kappa shape index (κ2) is 13.8. The van der Waals surface area contributed by atoms with E-state index in [1.54, 1.807) is 26.3 Å². The Hall–Kier alpha value is -2.30. The Kier molecular flexibility index (Phi) is 11.9. The molecule has 0 aliphatic rings. The maximum atomic E-state index is 12.5. The van der Waals surface area contributed by atoms with Crippen molar-refractivity contribution >= 4 is 29.9 Å². The van der Waals surface area contributed by atoms with Gasteiger partial charge < -0.3 is 24.8 Å². The molecule has 0 aliphatic heterocycles. The SMILES string of the molecule is CN=C(NCCc1ccc(OC)cc1)NCCc1ccc(OC)c(OC(F)F)c1.I. The van der Waals surface area contributed by atoms with Crippen molar-refractivity contribution < 1.29 is 23.0 Å². The molecule has 30 heavy (non-hydrogen) atoms. The molecule has 166 valence electrons. The lowest BCUT2D eigenvalue weighted by Crippen LogP contribution is -2.39. The van der Waals surface area contributed by atoms with E-state index in [1.165, 1.54) is 12.7 Å². The van der Waals surface area contributed by atoms with Crippen molar-refractivity contribution in [3.63, 3.8) is 0 Å². The molecule has 0 amide bonds. The van der Waals surface area contributed by atoms with E-state index in [0.29, 0.717) is 18.9 Å². The Balaban J connectivity index is 0.00000450. The van der Waals surface area contributed by atoms with Crippen molar-refractivity contribution in [3.8, 4) is 17.2 Å². The summed E-state index contributed by atoms with van der Waals surface area (Å²) in [6, 6.07) is 12.9. The third-order valence-corrected chi connectivity index (χ3v) is 4.24. The first-order valence-electron chi connectivity index (χ1n) is 9.25. The number of hydrogen-bond acceptors (Lipinski definition) is 4. The van der Waals surface area contributed by atoms with Crippen LogP contribution in [0.4, 0.5) is 8.78 Å². The molecule has 2 aromatic carbocycles. The summed E-state index contributed by atoms with van der Waals surface area (Å²) in [6.45, 7) is -1.59. The average Bonchev–Trinajstić information content (AvgIpc) is 2.73. The van der Waals surface area contributed by atoms with E-state index in [4.69, 9.17) is 9.47 Å². The highest BCUT2D eigenvalue weighted by molar-refractivity contribution is 14.0. The van der Waals surface area contributed by atoms with Gasteiger partial charge in [-0.2, -0.15) is 8.78 Å². The molecular formula is C21H28F2IN3O3. The molecule has 6 nitrogen and oxygen atoms in total. The van der Waals surface area contributed by atoms with Gasteiger partial charge in [-0.15, -0.1) is 24.0 Å². The van der Waals surface area contributed by atoms with Crippen molar-refractivity contribution in [3.05, 3.63) is 53.6 Å². The normalized spacial score (nSPS) is 10.9. The van der Waals surface area contributed by atoms with E-state index in [0.717, 1.165) is 24.3 Å². The number of nitrogens with zero attached hydrogens (tertiary/aromatic N) is 1. The second-order valence-corrected chi connectivity index (χ2v) is 6.14. The molecule has 2 aromatic rings. The largest absolute Gasteiger partial charge is 0.497 e. The number of aliphatic imine (C=N–C) groups is 1. The summed E-state index contributed by atoms with van der Waals surface area (Å²) in [6.07, 6.45) is 1.46. The standard InChI is InChI=1S/C21H27F2N3O3.HI/c1-24-21(25-12-10-15-4-7-17(27-2)8-5-15)26-13-11-16-6-9-18(28-3)19(14-16)29-20(22)23;/h4-9,14,20H,10-13H2,1-3H3,(H2,24,25,26);1H. The predicted molar refractivity (Wildman–Crippen MR) is 125 cm³/mol. The zero-order valence-corrected chi connectivity index (χ0v) is 19.6. The van der Waals surface area contributed by atoms with E-state index < -0.39 is 6.61 Å². The first kappa shape index (κ1) is 25.7. The van der Waals surface area contributed by atoms with Gasteiger partial charge in [0.25, 0.3) is 0 Å². The van der Waals surface area contributed by atoms with E-state index in [2.05, 4.69) is 20.4 Å². The van der Waals surface area contributed by atoms with E-state index >= 15 is 0 Å². The van der Waals surface area contributed by atoms with Crippen molar-refractivity contribution in [2.45, 2.75) is 19.5 Å². The second-order valence-electron chi connectivity index (χ2n) is 6.14. The van der Waals surface area contributed by atoms with Crippen molar-refractivity contribution in [1.29, 1.82) is 0 Å². The lowest BCUT2D eigenvalue weighted by Gasteiger charge is -2.14. The molecule has 0 radical (unpaired) electrons. The van der Waals surface area contributed by atoms with Crippen LogP contribution in [0.3, 0.4) is 0 Å². The highest BCUT2D eigenvalue weighted by atomic mass is 127. The topological polar surface area (TPSA) is 64.1 Å². The zero-order chi connectivity index (χ0) is 21.1. The molecule has 0 saturated heterocycles. The van der Waals surface area contributed by atoms with Crippen LogP contribution < -0.4 is 24.8 Å². The zero-order valence-electron chi connectivity index (χ0n) is 17.3. The van der Waals surface area contributed by atoms with E-state index in [-0.39, 0.29) is 35.5 Å². The third-order valence-electron chi connectivity index (χ3n) is 4.24. The number of guanidine groups is 1. The maximum Gasteiger partial charge on any atom is 0.387 e. The van der Waals surface area contributed by atoms with Crippen LogP contribution in [0.25, 0.3) is 0 Å². The quantitative estimate of drug-likeness (QED) is 0.275. The van der Waals surface area contributed by atoms with Gasteiger partial charge in [-0.3, -0.25) is 4.99 Å². The molecular weight excluding hydrogens is 507 g/mol. The van der Waals surface area contributed by atoms with Gasteiger partial charge in [-0.05, 0) is 48.2 Å². The first-order chi connectivity index (χ1) is 14.0. The van der Waals surface area contributed by atoms with Crippen LogP contribution in [0.1, 0.15) is 11.1 Å². The molecule has 0 atom stereocenters. The molecule has 0 aromatic heterocycles. The van der Waals surface area contributed by atoms with Crippen LogP contribution in [0.2, 0.25) is 0 Å². The van der Waals surface area contributed by atoms with Crippen LogP contribution in [-0.2, 0) is 12.8 Å². The Morgan fingerprint density at radius 2 is 1.50 bits per heavy atom. The van der Waals surface area contributed by atoms with Crippen LogP contribution in [0.15, 0.2) is 47.5 Å². The number of rotatable bonds is 10. The van der Waals surface area contributed by atoms with Crippen LogP contribution in [0, 0.1) is 0 Å². The fourth-order valence-electron chi connectivity index (χ4n) is 2.73. The first-order valence-corrected chi connectivity index (χ1v) is 9.25. The fraction of sp³-hybridized carbons (Fsp3) is 0.381. The van der Waals surface area contributed by atoms with E-state index in [9.17, 15) is 8.78 Å². The van der Waals surface area contributed by atoms with Gasteiger partial charge in [0, 0.05) is 20.1 Å². The number of benzene rings is 2. The summed E-state index contributed by atoms with van der Waals surface area (Å²) in [5.74, 6) is 1.82. The predicted octanol–water partition coefficient (Wildman–Crippen LogP) is 3.87. The van der Waals surface area contributed by atoms with Crippen LogP contribution in [-0.4, -0.2) is 46.9 Å². The number of alkyl halides is 2. The van der Waals surface area contributed by atoms with E-state index in [1.807, 2.05) is 30.3 Å². The van der Waals surface area contributed by atoms with Gasteiger partial charge in [-0.25, -0.2) is 0 Å². The Morgan fingerprint density at radius 3 is 2.03 bits per heavy atom. The molecule has 0 unspecified atom stereocenters. The fourth-order valence-corrected chi connectivity index (χ4v) is 2.73. The minimum absolute atomic E-state index is 0. The lowest BCUT2D eigenvalue weighted by atomic mass is 10.1. The number of ether oxygens (including phenoxy) is 3. The summed E-state index contributed by atoms with van der Waals surface area (Å²) in [5.41, 5.74) is 2.04. The molecule has 2 N–H and O–H groups in total. The Labute approximate surface area is 193 Å². The molecule has 0 aliphatic carbocycles. The Morgan fingerprint density at radius 1 is 0.900 bits per heavy atom. The van der Waals surface area contributed by atoms with Gasteiger partial charge in [0.2, 0.25) is 0 Å². The molecule has 0 fully saturated rings. The summed E-state index contributed by atoms with van der Waals surface area (Å²) in [7, 11) is 4.76. The highest BCUT2D eigenvalue weighted by Crippen LogP contribution is 2.29. The van der Waals surface area contributed by atoms with Gasteiger partial charge in [0.05, 0.1) is 14.2 Å². The smallest absolute Gasteiger partial charge is 0.387 e. The molecule has 2 rings (SSSR count). The Bertz CT molecular complexity index is 790. The molecule has 0 bridgehead atoms. The molecule has 0 saturated carbocycles. The average molecular weight is 535 g/mol. The third kappa shape index (κ3) is 8.60. The van der Waals surface area contributed by atoms with Crippen LogP contribution in [0.5, 0.6) is 17.2 Å². The highest BCUT2D eigenvalue weighted by Gasteiger charge is 2.11. The summed E-state index contributed by atoms with van der Waals surface area (Å²) < 4.78 is 39.8. The lowest BCUT2D eigenvalue weighted by molar-refractivity contribution is -0.0512. The monoisotopic (exact) mass is 535 g/mol. The number of halogens is 3. The van der Waals surface area contributed by atoms with Gasteiger partial charge in [0.1, 0.15) is 5.75 Å². The van der Waals surface area contributed by atoms with Crippen molar-refractivity contribution in [2.75, 3.05) is 34.4 Å². The van der Waals surface area contributed by atoms with Crippen molar-refractivity contribution in [2.24, 2.45) is 4.99 Å². The minimum Gasteiger partial charge on any atom is -0.497 e. The number of methoxy groups -OCH3 is 2. The number of nitrogens with one attached hydrogen (secondary N) is 2. The molecule has 0 spiro atoms. The van der Waals surface area contributed by atoms with Crippen LogP contribution >= 0.6 is 24.0 Å². The van der Waals surface area contributed by atoms with Crippen molar-refractivity contribution in [1.82, 2.24) is 10.6 Å². The summed E-state index contributed by atoms with van der Waals surface area (Å²) >= 11 is 0. The summed E-state index contributed by atoms with van der Waals surface area (Å²) in [5, 5.41) is 6.46. The van der Waals surface area contributed by atoms with Gasteiger partial charge in [0.15, 0.2) is 17.5 Å². The maximum absolute atomic E-state index is 12.5.